The molecule has 25 heavy (non-hydrogen) atoms. The third kappa shape index (κ3) is 2.25. The number of benzene rings is 1. The average Bonchev–Trinajstić information content (AvgIpc) is 2.83. The maximum atomic E-state index is 12.7. The molecule has 5 unspecified atom stereocenters. The molecule has 5 atom stereocenters. The van der Waals surface area contributed by atoms with Crippen molar-refractivity contribution < 1.29 is 14.3 Å². The van der Waals surface area contributed by atoms with Gasteiger partial charge in [0.2, 0.25) is 11.8 Å². The lowest BCUT2D eigenvalue weighted by atomic mass is 9.63. The molecule has 132 valence electrons. The van der Waals surface area contributed by atoms with E-state index >= 15 is 0 Å². The number of imide groups is 1. The topological polar surface area (TPSA) is 49.9 Å². The Morgan fingerprint density at radius 2 is 1.68 bits per heavy atom. The first-order valence-electron chi connectivity index (χ1n) is 8.82. The number of fused-ring (bicyclic) bond motifs is 1. The Bertz CT molecular complexity index is 753. The summed E-state index contributed by atoms with van der Waals surface area (Å²) in [5.41, 5.74) is 2.44. The molecular formula is C20H24N2O3. The van der Waals surface area contributed by atoms with Gasteiger partial charge in [0.15, 0.2) is 0 Å². The zero-order valence-corrected chi connectivity index (χ0v) is 15.1. The molecule has 1 aromatic rings. The third-order valence-corrected chi connectivity index (χ3v) is 6.28. The highest BCUT2D eigenvalue weighted by Crippen LogP contribution is 2.50. The van der Waals surface area contributed by atoms with Crippen LogP contribution in [0.1, 0.15) is 19.4 Å². The number of rotatable bonds is 3. The van der Waals surface area contributed by atoms with Gasteiger partial charge in [0.1, 0.15) is 5.75 Å². The predicted molar refractivity (Wildman–Crippen MR) is 93.8 cm³/mol. The van der Waals surface area contributed by atoms with E-state index in [2.05, 4.69) is 37.0 Å². The monoisotopic (exact) mass is 340 g/mol. The van der Waals surface area contributed by atoms with E-state index in [9.17, 15) is 9.59 Å². The standard InChI is InChI=1S/C20H24N2O3/c1-11-9-15-17-18(20(24)21(3)19(17)23)16(11)12(2)22(15)10-13-5-7-14(25-4)8-6-13/h5-9,12,15-18H,10H2,1-4H3. The Balaban J connectivity index is 1.67. The van der Waals surface area contributed by atoms with Gasteiger partial charge in [-0.2, -0.15) is 0 Å². The van der Waals surface area contributed by atoms with Crippen LogP contribution in [0.25, 0.3) is 0 Å². The van der Waals surface area contributed by atoms with Gasteiger partial charge in [-0.05, 0) is 31.5 Å². The summed E-state index contributed by atoms with van der Waals surface area (Å²) in [6.07, 6.45) is 2.21. The molecule has 2 fully saturated rings. The van der Waals surface area contributed by atoms with Crippen LogP contribution in [0.15, 0.2) is 35.9 Å². The first-order chi connectivity index (χ1) is 11.9. The van der Waals surface area contributed by atoms with E-state index in [0.29, 0.717) is 0 Å². The number of nitrogens with zero attached hydrogens (tertiary/aromatic N) is 2. The van der Waals surface area contributed by atoms with E-state index in [1.54, 1.807) is 14.2 Å². The van der Waals surface area contributed by atoms with Gasteiger partial charge in [0.05, 0.1) is 18.9 Å². The molecule has 4 aliphatic rings. The van der Waals surface area contributed by atoms with Crippen molar-refractivity contribution in [2.75, 3.05) is 14.2 Å². The lowest BCUT2D eigenvalue weighted by Gasteiger charge is -2.53. The number of likely N-dealkylation sites (tertiary alicyclic amines) is 1. The van der Waals surface area contributed by atoms with Crippen molar-refractivity contribution in [3.8, 4) is 5.75 Å². The van der Waals surface area contributed by atoms with Crippen molar-refractivity contribution in [1.29, 1.82) is 0 Å². The van der Waals surface area contributed by atoms with Crippen molar-refractivity contribution in [3.63, 3.8) is 0 Å². The third-order valence-electron chi connectivity index (χ3n) is 6.28. The molecular weight excluding hydrogens is 316 g/mol. The summed E-state index contributed by atoms with van der Waals surface area (Å²) in [4.78, 5) is 29.0. The highest BCUT2D eigenvalue weighted by Gasteiger charge is 2.61. The van der Waals surface area contributed by atoms with Gasteiger partial charge in [-0.15, -0.1) is 0 Å². The smallest absolute Gasteiger partial charge is 0.234 e. The van der Waals surface area contributed by atoms with Crippen LogP contribution in [-0.4, -0.2) is 47.9 Å². The molecule has 0 radical (unpaired) electrons. The van der Waals surface area contributed by atoms with Gasteiger partial charge in [0, 0.05) is 31.6 Å². The van der Waals surface area contributed by atoms with Crippen LogP contribution in [0.5, 0.6) is 5.75 Å². The zero-order valence-electron chi connectivity index (χ0n) is 15.1. The van der Waals surface area contributed by atoms with Gasteiger partial charge in [-0.1, -0.05) is 23.8 Å². The Morgan fingerprint density at radius 1 is 1.04 bits per heavy atom. The first-order valence-corrected chi connectivity index (χ1v) is 8.82. The van der Waals surface area contributed by atoms with Crippen molar-refractivity contribution in [2.24, 2.45) is 17.8 Å². The highest BCUT2D eigenvalue weighted by molar-refractivity contribution is 6.06. The van der Waals surface area contributed by atoms with E-state index in [1.165, 1.54) is 16.0 Å². The first kappa shape index (κ1) is 16.3. The van der Waals surface area contributed by atoms with Crippen LogP contribution in [0.2, 0.25) is 0 Å². The van der Waals surface area contributed by atoms with E-state index < -0.39 is 0 Å². The minimum atomic E-state index is -0.236. The number of piperidine rings is 1. The van der Waals surface area contributed by atoms with Gasteiger partial charge in [-0.25, -0.2) is 0 Å². The SMILES string of the molecule is COc1ccc(CN2C(C)C3C(C)=CC2C2C(=O)N(C)C(=O)C32)cc1. The lowest BCUT2D eigenvalue weighted by Crippen LogP contribution is -2.61. The molecule has 3 aliphatic heterocycles. The van der Waals surface area contributed by atoms with Crippen molar-refractivity contribution >= 4 is 11.8 Å². The van der Waals surface area contributed by atoms with E-state index in [1.807, 2.05) is 12.1 Å². The molecule has 0 saturated carbocycles. The molecule has 2 bridgehead atoms. The maximum Gasteiger partial charge on any atom is 0.234 e. The molecule has 2 amide bonds. The molecule has 5 nitrogen and oxygen atoms in total. The quantitative estimate of drug-likeness (QED) is 0.624. The zero-order chi connectivity index (χ0) is 17.9. The Morgan fingerprint density at radius 3 is 2.32 bits per heavy atom. The molecule has 1 aromatic carbocycles. The summed E-state index contributed by atoms with van der Waals surface area (Å²) in [6, 6.07) is 8.29. The summed E-state index contributed by atoms with van der Waals surface area (Å²) in [7, 11) is 3.28. The Labute approximate surface area is 148 Å². The van der Waals surface area contributed by atoms with Crippen LogP contribution in [0.3, 0.4) is 0 Å². The molecule has 2 saturated heterocycles. The fraction of sp³-hybridized carbons (Fsp3) is 0.500. The van der Waals surface area contributed by atoms with Gasteiger partial charge in [-0.3, -0.25) is 19.4 Å². The van der Waals surface area contributed by atoms with Crippen LogP contribution in [-0.2, 0) is 16.1 Å². The van der Waals surface area contributed by atoms with E-state index in [4.69, 9.17) is 4.74 Å². The summed E-state index contributed by atoms with van der Waals surface area (Å²) < 4.78 is 5.23. The Hall–Kier alpha value is -2.14. The molecule has 5 rings (SSSR count). The summed E-state index contributed by atoms with van der Waals surface area (Å²) in [5, 5.41) is 0. The number of carbonyl (C=O) groups is 2. The van der Waals surface area contributed by atoms with E-state index in [0.717, 1.165) is 12.3 Å². The summed E-state index contributed by atoms with van der Waals surface area (Å²) in [6.45, 7) is 5.06. The van der Waals surface area contributed by atoms with Crippen LogP contribution < -0.4 is 4.74 Å². The van der Waals surface area contributed by atoms with E-state index in [-0.39, 0.29) is 41.7 Å². The van der Waals surface area contributed by atoms with Gasteiger partial charge in [0.25, 0.3) is 0 Å². The van der Waals surface area contributed by atoms with Crippen LogP contribution in [0, 0.1) is 17.8 Å². The molecule has 3 heterocycles. The second kappa shape index (κ2) is 5.70. The number of amides is 2. The highest BCUT2D eigenvalue weighted by atomic mass is 16.5. The Kier molecular flexibility index (Phi) is 3.72. The minimum absolute atomic E-state index is 0.00602. The van der Waals surface area contributed by atoms with Crippen molar-refractivity contribution in [1.82, 2.24) is 9.80 Å². The fourth-order valence-corrected chi connectivity index (χ4v) is 5.02. The number of hydrogen-bond acceptors (Lipinski definition) is 4. The molecule has 0 N–H and O–H groups in total. The van der Waals surface area contributed by atoms with Crippen LogP contribution >= 0.6 is 0 Å². The summed E-state index contributed by atoms with van der Waals surface area (Å²) in [5.74, 6) is 0.504. The molecule has 0 aromatic heterocycles. The second-order valence-corrected chi connectivity index (χ2v) is 7.48. The van der Waals surface area contributed by atoms with Gasteiger partial charge >= 0.3 is 0 Å². The molecule has 0 spiro atoms. The largest absolute Gasteiger partial charge is 0.497 e. The van der Waals surface area contributed by atoms with Crippen molar-refractivity contribution in [3.05, 3.63) is 41.5 Å². The van der Waals surface area contributed by atoms with Crippen LogP contribution in [0.4, 0.5) is 0 Å². The number of carbonyl (C=O) groups excluding carboxylic acids is 2. The molecule has 1 aliphatic carbocycles. The molecule has 5 heteroatoms. The number of ether oxygens (including phenoxy) is 1. The average molecular weight is 340 g/mol. The van der Waals surface area contributed by atoms with Gasteiger partial charge < -0.3 is 4.74 Å². The van der Waals surface area contributed by atoms with Crippen molar-refractivity contribution in [2.45, 2.75) is 32.5 Å². The minimum Gasteiger partial charge on any atom is -0.497 e. The normalized spacial score (nSPS) is 34.3. The number of methoxy groups -OCH3 is 1. The lowest BCUT2D eigenvalue weighted by molar-refractivity contribution is -0.138. The predicted octanol–water partition coefficient (Wildman–Crippen LogP) is 2.07. The summed E-state index contributed by atoms with van der Waals surface area (Å²) >= 11 is 0. The number of hydrogen-bond donors (Lipinski definition) is 0. The fourth-order valence-electron chi connectivity index (χ4n) is 5.02. The second-order valence-electron chi connectivity index (χ2n) is 7.48. The maximum absolute atomic E-state index is 12.7.